The molecule has 0 aliphatic heterocycles. The third-order valence-corrected chi connectivity index (χ3v) is 11.0. The number of thiophene rings is 1. The number of anilines is 3. The molecule has 0 aliphatic carbocycles. The standard InChI is InChI=1S/C48H31NOS/c1-4-14-32(15-5-1)35-20-12-21-37(30-35)49(41-23-13-25-44-46(41)40-27-26-36(31-45(40)51-44)33-16-6-2-7-17-33)42-29-28-38(34-18-8-3-9-19-34)48-47(42)39-22-10-11-24-43(39)50-48/h1-31H. The van der Waals surface area contributed by atoms with Crippen LogP contribution in [0.2, 0.25) is 0 Å². The van der Waals surface area contributed by atoms with Crippen molar-refractivity contribution in [1.29, 1.82) is 0 Å². The smallest absolute Gasteiger partial charge is 0.145 e. The second-order valence-electron chi connectivity index (χ2n) is 12.9. The highest BCUT2D eigenvalue weighted by Crippen LogP contribution is 2.50. The van der Waals surface area contributed by atoms with Gasteiger partial charge in [-0.05, 0) is 76.3 Å². The molecule has 0 aliphatic rings. The summed E-state index contributed by atoms with van der Waals surface area (Å²) < 4.78 is 9.30. The number of nitrogens with zero attached hydrogens (tertiary/aromatic N) is 1. The molecule has 0 spiro atoms. The Kier molecular flexibility index (Phi) is 7.04. The lowest BCUT2D eigenvalue weighted by molar-refractivity contribution is 0.670. The number of furan rings is 1. The van der Waals surface area contributed by atoms with Crippen LogP contribution >= 0.6 is 11.3 Å². The van der Waals surface area contributed by atoms with E-state index >= 15 is 0 Å². The normalized spacial score (nSPS) is 11.5. The first kappa shape index (κ1) is 29.5. The van der Waals surface area contributed by atoms with Crippen LogP contribution in [0, 0.1) is 0 Å². The lowest BCUT2D eigenvalue weighted by Crippen LogP contribution is -2.11. The molecular formula is C48H31NOS. The maximum atomic E-state index is 6.77. The number of para-hydroxylation sites is 1. The Balaban J connectivity index is 1.28. The third-order valence-electron chi connectivity index (χ3n) is 9.86. The molecule has 10 aromatic rings. The Morgan fingerprint density at radius 2 is 1.02 bits per heavy atom. The number of benzene rings is 8. The summed E-state index contributed by atoms with van der Waals surface area (Å²) >= 11 is 1.85. The Bertz CT molecular complexity index is 2850. The molecule has 2 nitrogen and oxygen atoms in total. The lowest BCUT2D eigenvalue weighted by Gasteiger charge is -2.28. The van der Waals surface area contributed by atoms with Crippen LogP contribution in [0.4, 0.5) is 17.1 Å². The van der Waals surface area contributed by atoms with E-state index in [9.17, 15) is 0 Å². The summed E-state index contributed by atoms with van der Waals surface area (Å²) in [4.78, 5) is 2.45. The van der Waals surface area contributed by atoms with Gasteiger partial charge in [0, 0.05) is 36.8 Å². The van der Waals surface area contributed by atoms with Crippen molar-refractivity contribution in [3.05, 3.63) is 188 Å². The number of rotatable bonds is 6. The van der Waals surface area contributed by atoms with E-state index in [0.29, 0.717) is 0 Å². The molecule has 2 aromatic heterocycles. The van der Waals surface area contributed by atoms with Crippen molar-refractivity contribution in [2.24, 2.45) is 0 Å². The minimum absolute atomic E-state index is 0.878. The summed E-state index contributed by atoms with van der Waals surface area (Å²) in [5.41, 5.74) is 12.1. The van der Waals surface area contributed by atoms with Gasteiger partial charge in [-0.1, -0.05) is 140 Å². The summed E-state index contributed by atoms with van der Waals surface area (Å²) in [5.74, 6) is 0. The first-order valence-corrected chi connectivity index (χ1v) is 18.1. The van der Waals surface area contributed by atoms with Gasteiger partial charge >= 0.3 is 0 Å². The van der Waals surface area contributed by atoms with Crippen molar-refractivity contribution in [1.82, 2.24) is 0 Å². The zero-order valence-corrected chi connectivity index (χ0v) is 28.5. The van der Waals surface area contributed by atoms with Crippen molar-refractivity contribution in [3.8, 4) is 33.4 Å². The van der Waals surface area contributed by atoms with E-state index in [1.54, 1.807) is 0 Å². The van der Waals surface area contributed by atoms with Gasteiger partial charge in [0.05, 0.1) is 16.8 Å². The van der Waals surface area contributed by atoms with E-state index in [0.717, 1.165) is 50.1 Å². The molecule has 0 N–H and O–H groups in total. The molecule has 0 unspecified atom stereocenters. The molecule has 0 bridgehead atoms. The van der Waals surface area contributed by atoms with Gasteiger partial charge < -0.3 is 9.32 Å². The molecule has 10 rings (SSSR count). The van der Waals surface area contributed by atoms with Crippen molar-refractivity contribution in [3.63, 3.8) is 0 Å². The molecule has 240 valence electrons. The first-order valence-electron chi connectivity index (χ1n) is 17.3. The van der Waals surface area contributed by atoms with E-state index in [1.165, 1.54) is 42.4 Å². The van der Waals surface area contributed by atoms with Crippen LogP contribution in [0.5, 0.6) is 0 Å². The van der Waals surface area contributed by atoms with Gasteiger partial charge in [-0.25, -0.2) is 0 Å². The van der Waals surface area contributed by atoms with E-state index in [-0.39, 0.29) is 0 Å². The SMILES string of the molecule is c1ccc(-c2cccc(N(c3cccc4sc5cc(-c6ccccc6)ccc5c34)c3ccc(-c4ccccc4)c4oc5ccccc5c34)c2)cc1. The Morgan fingerprint density at radius 1 is 0.392 bits per heavy atom. The lowest BCUT2D eigenvalue weighted by atomic mass is 9.98. The molecule has 51 heavy (non-hydrogen) atoms. The van der Waals surface area contributed by atoms with E-state index in [4.69, 9.17) is 4.42 Å². The van der Waals surface area contributed by atoms with Crippen LogP contribution in [-0.4, -0.2) is 0 Å². The number of hydrogen-bond donors (Lipinski definition) is 0. The van der Waals surface area contributed by atoms with Crippen LogP contribution in [0.1, 0.15) is 0 Å². The minimum Gasteiger partial charge on any atom is -0.455 e. The van der Waals surface area contributed by atoms with E-state index < -0.39 is 0 Å². The predicted octanol–water partition coefficient (Wildman–Crippen LogP) is 14.4. The van der Waals surface area contributed by atoms with Crippen LogP contribution in [0.3, 0.4) is 0 Å². The van der Waals surface area contributed by atoms with Crippen LogP contribution < -0.4 is 4.90 Å². The van der Waals surface area contributed by atoms with Crippen molar-refractivity contribution >= 4 is 70.5 Å². The summed E-state index contributed by atoms with van der Waals surface area (Å²) in [6.45, 7) is 0. The number of hydrogen-bond acceptors (Lipinski definition) is 3. The quantitative estimate of drug-likeness (QED) is 0.175. The van der Waals surface area contributed by atoms with Crippen molar-refractivity contribution < 1.29 is 4.42 Å². The minimum atomic E-state index is 0.878. The van der Waals surface area contributed by atoms with Crippen LogP contribution in [0.25, 0.3) is 75.5 Å². The molecule has 0 saturated carbocycles. The summed E-state index contributed by atoms with van der Waals surface area (Å²) in [7, 11) is 0. The zero-order valence-electron chi connectivity index (χ0n) is 27.7. The predicted molar refractivity (Wildman–Crippen MR) is 218 cm³/mol. The molecule has 0 fully saturated rings. The molecular weight excluding hydrogens is 639 g/mol. The summed E-state index contributed by atoms with van der Waals surface area (Å²) in [6.07, 6.45) is 0. The Hall–Kier alpha value is -6.42. The van der Waals surface area contributed by atoms with Gasteiger partial charge in [0.15, 0.2) is 0 Å². The molecule has 0 amide bonds. The van der Waals surface area contributed by atoms with Gasteiger partial charge in [-0.15, -0.1) is 11.3 Å². The van der Waals surface area contributed by atoms with Gasteiger partial charge in [-0.3, -0.25) is 0 Å². The van der Waals surface area contributed by atoms with Gasteiger partial charge in [0.25, 0.3) is 0 Å². The molecule has 0 radical (unpaired) electrons. The third kappa shape index (κ3) is 5.01. The molecule has 0 atom stereocenters. The first-order chi connectivity index (χ1) is 25.3. The molecule has 8 aromatic carbocycles. The molecule has 3 heteroatoms. The maximum absolute atomic E-state index is 6.77. The fraction of sp³-hybridized carbons (Fsp3) is 0. The highest BCUT2D eigenvalue weighted by Gasteiger charge is 2.24. The molecule has 2 heterocycles. The number of fused-ring (bicyclic) bond motifs is 6. The van der Waals surface area contributed by atoms with Gasteiger partial charge in [-0.2, -0.15) is 0 Å². The maximum Gasteiger partial charge on any atom is 0.145 e. The highest BCUT2D eigenvalue weighted by atomic mass is 32.1. The summed E-state index contributed by atoms with van der Waals surface area (Å²) in [5, 5.41) is 4.69. The second kappa shape index (κ2) is 12.2. The van der Waals surface area contributed by atoms with Crippen molar-refractivity contribution in [2.75, 3.05) is 4.90 Å². The fourth-order valence-corrected chi connectivity index (χ4v) is 8.67. The van der Waals surface area contributed by atoms with Crippen LogP contribution in [-0.2, 0) is 0 Å². The van der Waals surface area contributed by atoms with E-state index in [1.807, 2.05) is 11.3 Å². The van der Waals surface area contributed by atoms with Gasteiger partial charge in [0.1, 0.15) is 11.2 Å². The Morgan fingerprint density at radius 3 is 1.78 bits per heavy atom. The molecule has 0 saturated heterocycles. The van der Waals surface area contributed by atoms with Crippen molar-refractivity contribution in [2.45, 2.75) is 0 Å². The summed E-state index contributed by atoms with van der Waals surface area (Å²) in [6, 6.07) is 67.3. The fourth-order valence-electron chi connectivity index (χ4n) is 7.51. The average Bonchev–Trinajstić information content (AvgIpc) is 3.78. The average molecular weight is 670 g/mol. The second-order valence-corrected chi connectivity index (χ2v) is 14.0. The van der Waals surface area contributed by atoms with E-state index in [2.05, 4.69) is 193 Å². The van der Waals surface area contributed by atoms with Crippen LogP contribution in [0.15, 0.2) is 192 Å². The highest BCUT2D eigenvalue weighted by molar-refractivity contribution is 7.26. The topological polar surface area (TPSA) is 16.4 Å². The Labute approximate surface area is 300 Å². The zero-order chi connectivity index (χ0) is 33.7. The monoisotopic (exact) mass is 669 g/mol. The largest absolute Gasteiger partial charge is 0.455 e. The van der Waals surface area contributed by atoms with Gasteiger partial charge in [0.2, 0.25) is 0 Å².